The van der Waals surface area contributed by atoms with Crippen LogP contribution in [0.5, 0.6) is 0 Å². The Labute approximate surface area is 164 Å². The highest BCUT2D eigenvalue weighted by atomic mass is 16.6. The molecule has 0 saturated carbocycles. The van der Waals surface area contributed by atoms with Crippen LogP contribution in [0.25, 0.3) is 0 Å². The van der Waals surface area contributed by atoms with E-state index in [1.54, 1.807) is 0 Å². The molecule has 6 heteroatoms. The molecule has 0 radical (unpaired) electrons. The monoisotopic (exact) mass is 370 g/mol. The molecule has 0 aromatic rings. The van der Waals surface area contributed by atoms with Crippen LogP contribution in [-0.4, -0.2) is 40.4 Å². The molecule has 26 heavy (non-hydrogen) atoms. The van der Waals surface area contributed by atoms with Gasteiger partial charge in [-0.05, 0) is 21.7 Å². The van der Waals surface area contributed by atoms with Crippen LogP contribution in [0, 0.1) is 21.7 Å². The molecule has 0 bridgehead atoms. The fraction of sp³-hybridized carbons (Fsp3) is 1.00. The van der Waals surface area contributed by atoms with Crippen LogP contribution < -0.4 is 0 Å². The van der Waals surface area contributed by atoms with Crippen LogP contribution >= 0.6 is 0 Å². The highest BCUT2D eigenvalue weighted by Crippen LogP contribution is 2.21. The highest BCUT2D eigenvalue weighted by molar-refractivity contribution is 7.10. The summed E-state index contributed by atoms with van der Waals surface area (Å²) >= 11 is 0. The van der Waals surface area contributed by atoms with E-state index < -0.39 is 14.0 Å². The first-order valence-corrected chi connectivity index (χ1v) is 9.85. The third kappa shape index (κ3) is 16.2. The van der Waals surface area contributed by atoms with Crippen LogP contribution in [0.15, 0.2) is 0 Å². The predicted molar refractivity (Wildman–Crippen MR) is 113 cm³/mol. The molecular weight excluding hydrogens is 326 g/mol. The number of hydrogen-bond acceptors (Lipinski definition) is 4. The summed E-state index contributed by atoms with van der Waals surface area (Å²) in [7, 11) is -1.09. The van der Waals surface area contributed by atoms with Gasteiger partial charge in [-0.3, -0.25) is 0 Å². The lowest BCUT2D eigenvalue weighted by molar-refractivity contribution is 0.0886. The van der Waals surface area contributed by atoms with E-state index in [-0.39, 0.29) is 21.7 Å². The topological polar surface area (TPSA) is 36.9 Å². The minimum absolute atomic E-state index is 0.0436. The SMILES string of the molecule is CC(C)(C)COB(OCC(C)(C)C)B(OCC(C)(C)C)OCC(C)(C)C. The fourth-order valence-corrected chi connectivity index (χ4v) is 1.74. The maximum atomic E-state index is 6.12. The van der Waals surface area contributed by atoms with Gasteiger partial charge in [0.1, 0.15) is 0 Å². The Morgan fingerprint density at radius 2 is 0.538 bits per heavy atom. The molecule has 0 aliphatic carbocycles. The van der Waals surface area contributed by atoms with Gasteiger partial charge in [-0.2, -0.15) is 0 Å². The molecule has 0 heterocycles. The normalized spacial score (nSPS) is 13.8. The van der Waals surface area contributed by atoms with Crippen molar-refractivity contribution in [2.24, 2.45) is 21.7 Å². The van der Waals surface area contributed by atoms with Gasteiger partial charge in [0.2, 0.25) is 0 Å². The molecule has 0 rings (SSSR count). The van der Waals surface area contributed by atoms with Crippen molar-refractivity contribution in [2.75, 3.05) is 26.4 Å². The van der Waals surface area contributed by atoms with Gasteiger partial charge in [-0.15, -0.1) is 0 Å². The van der Waals surface area contributed by atoms with Crippen LogP contribution in [0.2, 0.25) is 0 Å². The molecule has 154 valence electrons. The third-order valence-corrected chi connectivity index (χ3v) is 2.94. The third-order valence-electron chi connectivity index (χ3n) is 2.94. The minimum Gasteiger partial charge on any atom is -0.413 e. The van der Waals surface area contributed by atoms with Gasteiger partial charge >= 0.3 is 14.0 Å². The summed E-state index contributed by atoms with van der Waals surface area (Å²) in [5.41, 5.74) is 0.174. The summed E-state index contributed by atoms with van der Waals surface area (Å²) in [5, 5.41) is 0. The first kappa shape index (κ1) is 26.0. The van der Waals surface area contributed by atoms with Gasteiger partial charge in [-0.1, -0.05) is 83.1 Å². The second-order valence-electron chi connectivity index (χ2n) is 12.2. The Balaban J connectivity index is 5.21. The average Bonchev–Trinajstić information content (AvgIpc) is 2.35. The number of hydrogen-bond donors (Lipinski definition) is 0. The summed E-state index contributed by atoms with van der Waals surface area (Å²) in [5.74, 6) is 0. The maximum Gasteiger partial charge on any atom is 0.488 e. The van der Waals surface area contributed by atoms with Crippen LogP contribution in [0.3, 0.4) is 0 Å². The van der Waals surface area contributed by atoms with E-state index in [0.717, 1.165) is 0 Å². The Morgan fingerprint density at radius 3 is 0.654 bits per heavy atom. The van der Waals surface area contributed by atoms with Crippen molar-refractivity contribution < 1.29 is 18.6 Å². The lowest BCUT2D eigenvalue weighted by Gasteiger charge is -2.30. The largest absolute Gasteiger partial charge is 0.488 e. The lowest BCUT2D eigenvalue weighted by Crippen LogP contribution is -2.50. The van der Waals surface area contributed by atoms with Crippen LogP contribution in [0.1, 0.15) is 83.1 Å². The van der Waals surface area contributed by atoms with Crippen molar-refractivity contribution in [3.63, 3.8) is 0 Å². The summed E-state index contributed by atoms with van der Waals surface area (Å²) in [4.78, 5) is 0. The van der Waals surface area contributed by atoms with E-state index in [1.807, 2.05) is 0 Å². The van der Waals surface area contributed by atoms with Gasteiger partial charge in [0.15, 0.2) is 0 Å². The predicted octanol–water partition coefficient (Wildman–Crippen LogP) is 5.29. The van der Waals surface area contributed by atoms with E-state index in [2.05, 4.69) is 83.1 Å². The second kappa shape index (κ2) is 9.95. The molecule has 0 aliphatic heterocycles. The Bertz CT molecular complexity index is 313. The Hall–Kier alpha value is -0.0301. The summed E-state index contributed by atoms with van der Waals surface area (Å²) in [6.07, 6.45) is 0. The molecule has 0 unspecified atom stereocenters. The van der Waals surface area contributed by atoms with Crippen molar-refractivity contribution in [1.82, 2.24) is 0 Å². The van der Waals surface area contributed by atoms with Gasteiger partial charge in [0.25, 0.3) is 0 Å². The van der Waals surface area contributed by atoms with Crippen molar-refractivity contribution in [3.05, 3.63) is 0 Å². The highest BCUT2D eigenvalue weighted by Gasteiger charge is 2.42. The standard InChI is InChI=1S/C20H44B2O4/c1-17(2,3)13-23-21(24-14-18(4,5)6)22(25-15-19(7,8)9)26-16-20(10,11)12/h13-16H2,1-12H3. The molecule has 0 amide bonds. The van der Waals surface area contributed by atoms with Crippen molar-refractivity contribution in [3.8, 4) is 0 Å². The second-order valence-corrected chi connectivity index (χ2v) is 12.2. The zero-order valence-corrected chi connectivity index (χ0v) is 19.6. The maximum absolute atomic E-state index is 6.12. The zero-order valence-electron chi connectivity index (χ0n) is 19.6. The van der Waals surface area contributed by atoms with E-state index in [0.29, 0.717) is 26.4 Å². The van der Waals surface area contributed by atoms with E-state index >= 15 is 0 Å². The molecule has 0 N–H and O–H groups in total. The molecule has 0 aromatic heterocycles. The minimum atomic E-state index is -0.543. The van der Waals surface area contributed by atoms with Gasteiger partial charge in [0, 0.05) is 26.4 Å². The van der Waals surface area contributed by atoms with Gasteiger partial charge in [-0.25, -0.2) is 0 Å². The van der Waals surface area contributed by atoms with Crippen molar-refractivity contribution in [1.29, 1.82) is 0 Å². The van der Waals surface area contributed by atoms with Crippen LogP contribution in [0.4, 0.5) is 0 Å². The Kier molecular flexibility index (Phi) is 9.94. The molecular formula is C20H44B2O4. The molecule has 0 saturated heterocycles. The molecule has 0 fully saturated rings. The molecule has 0 spiro atoms. The summed E-state index contributed by atoms with van der Waals surface area (Å²) in [6, 6.07) is 0. The van der Waals surface area contributed by atoms with Crippen molar-refractivity contribution >= 4 is 14.0 Å². The fourth-order valence-electron chi connectivity index (χ4n) is 1.74. The Morgan fingerprint density at radius 1 is 0.385 bits per heavy atom. The van der Waals surface area contributed by atoms with Gasteiger partial charge < -0.3 is 18.6 Å². The molecule has 4 nitrogen and oxygen atoms in total. The summed E-state index contributed by atoms with van der Waals surface area (Å²) in [6.45, 7) is 28.1. The van der Waals surface area contributed by atoms with Crippen molar-refractivity contribution in [2.45, 2.75) is 83.1 Å². The molecule has 0 atom stereocenters. The first-order valence-electron chi connectivity index (χ1n) is 9.85. The summed E-state index contributed by atoms with van der Waals surface area (Å²) < 4.78 is 24.5. The first-order chi connectivity index (χ1) is 11.4. The van der Waals surface area contributed by atoms with Gasteiger partial charge in [0.05, 0.1) is 0 Å². The zero-order chi connectivity index (χ0) is 20.8. The smallest absolute Gasteiger partial charge is 0.413 e. The lowest BCUT2D eigenvalue weighted by atomic mass is 9.48. The van der Waals surface area contributed by atoms with E-state index in [4.69, 9.17) is 18.6 Å². The molecule has 0 aliphatic rings. The van der Waals surface area contributed by atoms with E-state index in [1.165, 1.54) is 0 Å². The quantitative estimate of drug-likeness (QED) is 0.517. The van der Waals surface area contributed by atoms with E-state index in [9.17, 15) is 0 Å². The molecule has 0 aromatic carbocycles. The number of rotatable bonds is 9. The average molecular weight is 370 g/mol. The van der Waals surface area contributed by atoms with Crippen LogP contribution in [-0.2, 0) is 18.6 Å².